The van der Waals surface area contributed by atoms with E-state index in [9.17, 15) is 4.79 Å². The second kappa shape index (κ2) is 3.19. The van der Waals surface area contributed by atoms with E-state index in [1.807, 2.05) is 33.5 Å². The fraction of sp³-hybridized carbons (Fsp3) is 0.889. The fourth-order valence-corrected chi connectivity index (χ4v) is 2.41. The summed E-state index contributed by atoms with van der Waals surface area (Å²) in [5.41, 5.74) is 0. The summed E-state index contributed by atoms with van der Waals surface area (Å²) in [7, 11) is -1.73. The Labute approximate surface area is 80.4 Å². The molecule has 0 aromatic heterocycles. The van der Waals surface area contributed by atoms with Crippen LogP contribution in [-0.4, -0.2) is 32.0 Å². The minimum absolute atomic E-state index is 0.248. The van der Waals surface area contributed by atoms with Crippen LogP contribution in [0.25, 0.3) is 0 Å². The Hall–Kier alpha value is -0.193. The Morgan fingerprint density at radius 3 is 2.23 bits per heavy atom. The van der Waals surface area contributed by atoms with Gasteiger partial charge in [0.25, 0.3) is 0 Å². The maximum atomic E-state index is 11.8. The van der Waals surface area contributed by atoms with Gasteiger partial charge in [0.15, 0.2) is 5.79 Å². The van der Waals surface area contributed by atoms with Gasteiger partial charge in [-0.15, -0.1) is 0 Å². The van der Waals surface area contributed by atoms with Crippen molar-refractivity contribution in [3.8, 4) is 0 Å². The van der Waals surface area contributed by atoms with Crippen molar-refractivity contribution in [2.45, 2.75) is 45.4 Å². The monoisotopic (exact) mass is 202 g/mol. The number of rotatable bonds is 2. The van der Waals surface area contributed by atoms with E-state index in [1.165, 1.54) is 0 Å². The molecule has 1 aliphatic rings. The van der Waals surface area contributed by atoms with Crippen LogP contribution in [0, 0.1) is 0 Å². The molecular weight excluding hydrogens is 184 g/mol. The molecule has 0 N–H and O–H groups in total. The lowest BCUT2D eigenvalue weighted by Crippen LogP contribution is -2.43. The van der Waals surface area contributed by atoms with Gasteiger partial charge in [0.1, 0.15) is 19.6 Å². The summed E-state index contributed by atoms with van der Waals surface area (Å²) >= 11 is 0. The zero-order chi connectivity index (χ0) is 10.3. The normalized spacial score (nSPS) is 27.6. The van der Waals surface area contributed by atoms with E-state index < -0.39 is 13.9 Å². The molecule has 1 heterocycles. The zero-order valence-corrected chi connectivity index (χ0v) is 10.0. The minimum Gasteiger partial charge on any atom is -0.347 e. The maximum Gasteiger partial charge on any atom is 0.163 e. The SMILES string of the molecule is CC1(C)OC[C@@H](C(=O)[Si](C)(C)C)O1. The third kappa shape index (κ3) is 2.62. The molecular formula is C9H18O3Si. The Balaban J connectivity index is 2.62. The molecule has 76 valence electrons. The summed E-state index contributed by atoms with van der Waals surface area (Å²) in [5.74, 6) is -0.583. The van der Waals surface area contributed by atoms with Gasteiger partial charge in [-0.1, -0.05) is 19.6 Å². The van der Waals surface area contributed by atoms with Gasteiger partial charge in [-0.05, 0) is 13.8 Å². The first-order valence-corrected chi connectivity index (χ1v) is 8.08. The van der Waals surface area contributed by atoms with Crippen LogP contribution in [0.4, 0.5) is 0 Å². The molecule has 0 aliphatic carbocycles. The quantitative estimate of drug-likeness (QED) is 0.638. The zero-order valence-electron chi connectivity index (χ0n) is 9.01. The molecule has 0 aromatic carbocycles. The lowest BCUT2D eigenvalue weighted by Gasteiger charge is -2.20. The van der Waals surface area contributed by atoms with Crippen LogP contribution < -0.4 is 0 Å². The standard InChI is InChI=1S/C9H18O3Si/c1-9(2)11-6-7(12-9)8(10)13(3,4)5/h7H,6H2,1-5H3/t7-/m0/s1. The molecule has 0 aromatic rings. The van der Waals surface area contributed by atoms with Crippen LogP contribution in [0.15, 0.2) is 0 Å². The van der Waals surface area contributed by atoms with E-state index in [2.05, 4.69) is 0 Å². The van der Waals surface area contributed by atoms with Gasteiger partial charge in [-0.2, -0.15) is 0 Å². The number of ether oxygens (including phenoxy) is 2. The summed E-state index contributed by atoms with van der Waals surface area (Å²) < 4.78 is 10.8. The molecule has 1 fully saturated rings. The number of carbonyl (C=O) groups excluding carboxylic acids is 1. The van der Waals surface area contributed by atoms with Crippen LogP contribution in [0.5, 0.6) is 0 Å². The Morgan fingerprint density at radius 1 is 1.38 bits per heavy atom. The first kappa shape index (κ1) is 10.9. The second-order valence-corrected chi connectivity index (χ2v) is 9.92. The predicted molar refractivity (Wildman–Crippen MR) is 53.3 cm³/mol. The summed E-state index contributed by atoms with van der Waals surface area (Å²) in [6, 6.07) is 0. The van der Waals surface area contributed by atoms with Crippen molar-refractivity contribution in [1.82, 2.24) is 0 Å². The van der Waals surface area contributed by atoms with E-state index in [1.54, 1.807) is 0 Å². The summed E-state index contributed by atoms with van der Waals surface area (Å²) in [6.45, 7) is 10.2. The smallest absolute Gasteiger partial charge is 0.163 e. The van der Waals surface area contributed by atoms with Crippen molar-refractivity contribution < 1.29 is 14.3 Å². The van der Waals surface area contributed by atoms with E-state index >= 15 is 0 Å². The van der Waals surface area contributed by atoms with Gasteiger partial charge in [0, 0.05) is 0 Å². The third-order valence-corrected chi connectivity index (χ3v) is 3.84. The van der Waals surface area contributed by atoms with E-state index in [0.29, 0.717) is 6.61 Å². The molecule has 13 heavy (non-hydrogen) atoms. The van der Waals surface area contributed by atoms with Crippen molar-refractivity contribution in [1.29, 1.82) is 0 Å². The molecule has 0 saturated carbocycles. The molecule has 1 saturated heterocycles. The van der Waals surface area contributed by atoms with Gasteiger partial charge in [-0.3, -0.25) is 0 Å². The van der Waals surface area contributed by atoms with Gasteiger partial charge >= 0.3 is 0 Å². The summed E-state index contributed by atoms with van der Waals surface area (Å²) in [6.07, 6.45) is -0.332. The van der Waals surface area contributed by atoms with Crippen LogP contribution in [-0.2, 0) is 14.3 Å². The van der Waals surface area contributed by atoms with E-state index in [-0.39, 0.29) is 11.5 Å². The average Bonchev–Trinajstić information content (AvgIpc) is 2.26. The Bertz CT molecular complexity index is 217. The number of carbonyl (C=O) groups is 1. The van der Waals surface area contributed by atoms with Gasteiger partial charge in [0.05, 0.1) is 6.61 Å². The van der Waals surface area contributed by atoms with Crippen LogP contribution >= 0.6 is 0 Å². The van der Waals surface area contributed by atoms with Crippen molar-refractivity contribution >= 4 is 13.5 Å². The van der Waals surface area contributed by atoms with Crippen molar-refractivity contribution in [3.63, 3.8) is 0 Å². The Morgan fingerprint density at radius 2 is 1.92 bits per heavy atom. The first-order chi connectivity index (χ1) is 5.72. The van der Waals surface area contributed by atoms with E-state index in [0.717, 1.165) is 0 Å². The fourth-order valence-electron chi connectivity index (χ4n) is 1.30. The first-order valence-electron chi connectivity index (χ1n) is 4.58. The topological polar surface area (TPSA) is 35.5 Å². The molecule has 0 amide bonds. The molecule has 0 unspecified atom stereocenters. The van der Waals surface area contributed by atoms with Gasteiger partial charge in [0.2, 0.25) is 0 Å². The molecule has 1 atom stereocenters. The molecule has 1 rings (SSSR count). The predicted octanol–water partition coefficient (Wildman–Crippen LogP) is 1.58. The molecule has 1 aliphatic heterocycles. The maximum absolute atomic E-state index is 11.8. The van der Waals surface area contributed by atoms with Crippen LogP contribution in [0.1, 0.15) is 13.8 Å². The summed E-state index contributed by atoms with van der Waals surface area (Å²) in [5, 5.41) is 0.248. The minimum atomic E-state index is -1.73. The average molecular weight is 202 g/mol. The molecule has 0 radical (unpaired) electrons. The van der Waals surface area contributed by atoms with Crippen LogP contribution in [0.3, 0.4) is 0 Å². The van der Waals surface area contributed by atoms with Crippen LogP contribution in [0.2, 0.25) is 19.6 Å². The molecule has 0 spiro atoms. The molecule has 4 heteroatoms. The largest absolute Gasteiger partial charge is 0.347 e. The third-order valence-electron chi connectivity index (χ3n) is 2.04. The second-order valence-electron chi connectivity index (χ2n) is 4.93. The highest BCUT2D eigenvalue weighted by Crippen LogP contribution is 2.24. The number of hydrogen-bond acceptors (Lipinski definition) is 3. The summed E-state index contributed by atoms with van der Waals surface area (Å²) in [4.78, 5) is 11.8. The highest BCUT2D eigenvalue weighted by molar-refractivity contribution is 7.04. The molecule has 0 bridgehead atoms. The molecule has 3 nitrogen and oxygen atoms in total. The highest BCUT2D eigenvalue weighted by Gasteiger charge is 2.41. The van der Waals surface area contributed by atoms with Gasteiger partial charge < -0.3 is 14.3 Å². The highest BCUT2D eigenvalue weighted by atomic mass is 28.3. The van der Waals surface area contributed by atoms with E-state index in [4.69, 9.17) is 9.47 Å². The lowest BCUT2D eigenvalue weighted by molar-refractivity contribution is -0.148. The lowest BCUT2D eigenvalue weighted by atomic mass is 10.4. The number of hydrogen-bond donors (Lipinski definition) is 0. The van der Waals surface area contributed by atoms with Gasteiger partial charge in [-0.25, -0.2) is 0 Å². The van der Waals surface area contributed by atoms with Crippen molar-refractivity contribution in [2.24, 2.45) is 0 Å². The van der Waals surface area contributed by atoms with Crippen molar-refractivity contribution in [2.75, 3.05) is 6.61 Å². The Kier molecular flexibility index (Phi) is 2.67. The van der Waals surface area contributed by atoms with Crippen molar-refractivity contribution in [3.05, 3.63) is 0 Å².